The Morgan fingerprint density at radius 2 is 2.18 bits per heavy atom. The topological polar surface area (TPSA) is 55.0 Å². The van der Waals surface area contributed by atoms with Crippen LogP contribution < -0.4 is 0 Å². The number of rotatable bonds is 2. The van der Waals surface area contributed by atoms with Crippen molar-refractivity contribution in [3.05, 3.63) is 24.5 Å². The third kappa shape index (κ3) is 2.14. The summed E-state index contributed by atoms with van der Waals surface area (Å²) in [5, 5.41) is 7.96. The summed E-state index contributed by atoms with van der Waals surface area (Å²) >= 11 is 0. The van der Waals surface area contributed by atoms with E-state index in [2.05, 4.69) is 4.74 Å². The van der Waals surface area contributed by atoms with E-state index >= 15 is 0 Å². The van der Waals surface area contributed by atoms with Crippen LogP contribution in [0.15, 0.2) is 24.5 Å². The maximum absolute atomic E-state index is 10.6. The fourth-order valence-electron chi connectivity index (χ4n) is 0.708. The predicted octanol–water partition coefficient (Wildman–Crippen LogP) is 0.512. The molecule has 0 bridgehead atoms. The van der Waals surface area contributed by atoms with Crippen LogP contribution in [0.1, 0.15) is 0 Å². The van der Waals surface area contributed by atoms with Crippen LogP contribution >= 0.6 is 0 Å². The lowest BCUT2D eigenvalue weighted by atomic mass is 10.6. The van der Waals surface area contributed by atoms with Gasteiger partial charge in [-0.25, -0.2) is 4.79 Å². The monoisotopic (exact) mass is 150 g/mol. The van der Waals surface area contributed by atoms with Crippen LogP contribution in [-0.2, 0) is 16.1 Å². The Hall–Kier alpha value is -1.76. The number of aromatic nitrogens is 1. The number of esters is 1. The maximum atomic E-state index is 10.6. The molecule has 0 aliphatic heterocycles. The number of carbonyl (C=O) groups is 1. The van der Waals surface area contributed by atoms with E-state index in [1.165, 1.54) is 6.26 Å². The summed E-state index contributed by atoms with van der Waals surface area (Å²) in [6.45, 7) is 0.0839. The number of carbonyl (C=O) groups excluding carboxylic acids is 1. The minimum absolute atomic E-state index is 0.0839. The SMILES string of the molecule is N#COC(=O)Cn1cccc1. The minimum atomic E-state index is -0.552. The summed E-state index contributed by atoms with van der Waals surface area (Å²) in [5.74, 6) is -0.552. The molecule has 0 saturated heterocycles. The quantitative estimate of drug-likeness (QED) is 0.456. The Morgan fingerprint density at radius 1 is 1.55 bits per heavy atom. The minimum Gasteiger partial charge on any atom is -0.349 e. The maximum Gasteiger partial charge on any atom is 0.341 e. The summed E-state index contributed by atoms with van der Waals surface area (Å²) in [4.78, 5) is 10.6. The number of hydrogen-bond donors (Lipinski definition) is 0. The first-order valence-electron chi connectivity index (χ1n) is 3.02. The van der Waals surface area contributed by atoms with Crippen LogP contribution in [0, 0.1) is 11.5 Å². The Labute approximate surface area is 63.6 Å². The van der Waals surface area contributed by atoms with Gasteiger partial charge in [-0.3, -0.25) is 0 Å². The lowest BCUT2D eigenvalue weighted by molar-refractivity contribution is -0.137. The van der Waals surface area contributed by atoms with E-state index in [-0.39, 0.29) is 6.54 Å². The number of ether oxygens (including phenoxy) is 1. The van der Waals surface area contributed by atoms with Crippen LogP contribution in [0.25, 0.3) is 0 Å². The van der Waals surface area contributed by atoms with E-state index in [1.54, 1.807) is 29.1 Å². The second-order valence-corrected chi connectivity index (χ2v) is 1.92. The van der Waals surface area contributed by atoms with Crippen LogP contribution in [0.2, 0.25) is 0 Å². The molecule has 0 saturated carbocycles. The number of nitrogens with zero attached hydrogens (tertiary/aromatic N) is 2. The summed E-state index contributed by atoms with van der Waals surface area (Å²) in [6.07, 6.45) is 4.76. The molecule has 1 aromatic rings. The zero-order valence-corrected chi connectivity index (χ0v) is 5.73. The largest absolute Gasteiger partial charge is 0.349 e. The molecule has 0 fully saturated rings. The fraction of sp³-hybridized carbons (Fsp3) is 0.143. The Morgan fingerprint density at radius 3 is 2.73 bits per heavy atom. The summed E-state index contributed by atoms with van der Waals surface area (Å²) < 4.78 is 5.69. The number of nitriles is 1. The van der Waals surface area contributed by atoms with E-state index in [9.17, 15) is 4.79 Å². The van der Waals surface area contributed by atoms with Crippen LogP contribution in [-0.4, -0.2) is 10.5 Å². The molecule has 4 heteroatoms. The van der Waals surface area contributed by atoms with E-state index in [4.69, 9.17) is 5.26 Å². The van der Waals surface area contributed by atoms with Crippen LogP contribution in [0.4, 0.5) is 0 Å². The molecule has 0 amide bonds. The molecule has 0 aliphatic rings. The van der Waals surface area contributed by atoms with Crippen molar-refractivity contribution >= 4 is 5.97 Å². The van der Waals surface area contributed by atoms with Crippen molar-refractivity contribution in [3.63, 3.8) is 0 Å². The van der Waals surface area contributed by atoms with Crippen molar-refractivity contribution in [1.82, 2.24) is 4.57 Å². The van der Waals surface area contributed by atoms with E-state index < -0.39 is 5.97 Å². The molecule has 1 heterocycles. The molecule has 0 unspecified atom stereocenters. The van der Waals surface area contributed by atoms with Crippen molar-refractivity contribution in [1.29, 1.82) is 5.26 Å². The van der Waals surface area contributed by atoms with Gasteiger partial charge in [0.2, 0.25) is 0 Å². The molecule has 1 rings (SSSR count). The second-order valence-electron chi connectivity index (χ2n) is 1.92. The fourth-order valence-corrected chi connectivity index (χ4v) is 0.708. The summed E-state index contributed by atoms with van der Waals surface area (Å²) in [6, 6.07) is 3.58. The highest BCUT2D eigenvalue weighted by Gasteiger charge is 2.00. The van der Waals surface area contributed by atoms with E-state index in [1.807, 2.05) is 0 Å². The van der Waals surface area contributed by atoms with Gasteiger partial charge in [0.15, 0.2) is 0 Å². The van der Waals surface area contributed by atoms with Crippen molar-refractivity contribution in [2.45, 2.75) is 6.54 Å². The molecule has 4 nitrogen and oxygen atoms in total. The zero-order chi connectivity index (χ0) is 8.10. The van der Waals surface area contributed by atoms with Gasteiger partial charge < -0.3 is 9.30 Å². The van der Waals surface area contributed by atoms with Crippen molar-refractivity contribution in [2.24, 2.45) is 0 Å². The van der Waals surface area contributed by atoms with Gasteiger partial charge in [0.1, 0.15) is 6.54 Å². The molecular formula is C7H6N2O2. The molecule has 0 N–H and O–H groups in total. The van der Waals surface area contributed by atoms with Crippen LogP contribution in [0.3, 0.4) is 0 Å². The molecule has 0 spiro atoms. The van der Waals surface area contributed by atoms with Gasteiger partial charge in [-0.15, -0.1) is 5.26 Å². The molecular weight excluding hydrogens is 144 g/mol. The lowest BCUT2D eigenvalue weighted by Gasteiger charge is -1.96. The third-order valence-electron chi connectivity index (χ3n) is 1.14. The average Bonchev–Trinajstić information content (AvgIpc) is 2.40. The molecule has 0 aliphatic carbocycles. The normalized spacial score (nSPS) is 8.64. The summed E-state index contributed by atoms with van der Waals surface area (Å²) in [7, 11) is 0. The van der Waals surface area contributed by atoms with Gasteiger partial charge in [0, 0.05) is 12.4 Å². The van der Waals surface area contributed by atoms with E-state index in [0.717, 1.165) is 0 Å². The molecule has 0 aromatic carbocycles. The van der Waals surface area contributed by atoms with Gasteiger partial charge in [-0.2, -0.15) is 0 Å². The Kier molecular flexibility index (Phi) is 2.28. The van der Waals surface area contributed by atoms with E-state index in [0.29, 0.717) is 0 Å². The Bertz CT molecular complexity index is 271. The molecule has 0 radical (unpaired) electrons. The number of hydrogen-bond acceptors (Lipinski definition) is 3. The average molecular weight is 150 g/mol. The van der Waals surface area contributed by atoms with Crippen LogP contribution in [0.5, 0.6) is 0 Å². The standard InChI is InChI=1S/C7H6N2O2/c8-6-11-7(10)5-9-3-1-2-4-9/h1-4H,5H2. The molecule has 0 atom stereocenters. The van der Waals surface area contributed by atoms with Gasteiger partial charge in [0.05, 0.1) is 0 Å². The third-order valence-corrected chi connectivity index (χ3v) is 1.14. The van der Waals surface area contributed by atoms with Gasteiger partial charge in [-0.1, -0.05) is 0 Å². The van der Waals surface area contributed by atoms with Crippen molar-refractivity contribution < 1.29 is 9.53 Å². The zero-order valence-electron chi connectivity index (χ0n) is 5.73. The first-order chi connectivity index (χ1) is 5.33. The van der Waals surface area contributed by atoms with Crippen molar-refractivity contribution in [3.8, 4) is 6.26 Å². The smallest absolute Gasteiger partial charge is 0.341 e. The predicted molar refractivity (Wildman–Crippen MR) is 36.1 cm³/mol. The first kappa shape index (κ1) is 7.35. The highest BCUT2D eigenvalue weighted by molar-refractivity contribution is 5.70. The summed E-state index contributed by atoms with van der Waals surface area (Å²) in [5.41, 5.74) is 0. The lowest BCUT2D eigenvalue weighted by Crippen LogP contribution is -2.09. The highest BCUT2D eigenvalue weighted by atomic mass is 16.5. The second kappa shape index (κ2) is 3.42. The Balaban J connectivity index is 2.45. The molecule has 56 valence electrons. The van der Waals surface area contributed by atoms with Gasteiger partial charge in [-0.05, 0) is 12.1 Å². The molecule has 11 heavy (non-hydrogen) atoms. The first-order valence-corrected chi connectivity index (χ1v) is 3.02. The highest BCUT2D eigenvalue weighted by Crippen LogP contribution is 1.90. The van der Waals surface area contributed by atoms with Crippen molar-refractivity contribution in [2.75, 3.05) is 0 Å². The van der Waals surface area contributed by atoms with Gasteiger partial charge >= 0.3 is 5.97 Å². The molecule has 1 aromatic heterocycles. The van der Waals surface area contributed by atoms with Gasteiger partial charge in [0.25, 0.3) is 6.26 Å².